The summed E-state index contributed by atoms with van der Waals surface area (Å²) in [7, 11) is 1.40. The van der Waals surface area contributed by atoms with Gasteiger partial charge in [-0.2, -0.15) is 0 Å². The molecule has 19 heavy (non-hydrogen) atoms. The number of aliphatic carboxylic acids is 1. The third-order valence-electron chi connectivity index (χ3n) is 2.62. The Morgan fingerprint density at radius 2 is 1.95 bits per heavy atom. The number of methoxy groups -OCH3 is 1. The van der Waals surface area contributed by atoms with Crippen LogP contribution in [0, 0.1) is 0 Å². The average Bonchev–Trinajstić information content (AvgIpc) is 2.42. The molecule has 0 aromatic heterocycles. The van der Waals surface area contributed by atoms with Crippen molar-refractivity contribution in [1.29, 1.82) is 0 Å². The molecule has 1 amide bonds. The number of carbonyl (C=O) groups is 2. The Bertz CT molecular complexity index is 429. The van der Waals surface area contributed by atoms with E-state index >= 15 is 0 Å². The fraction of sp³-hybridized carbons (Fsp3) is 0.385. The number of hydrogen-bond acceptors (Lipinski definition) is 4. The Morgan fingerprint density at radius 1 is 1.32 bits per heavy atom. The van der Waals surface area contributed by atoms with E-state index in [-0.39, 0.29) is 25.5 Å². The smallest absolute Gasteiger partial charge is 0.306 e. The zero-order valence-electron chi connectivity index (χ0n) is 10.6. The van der Waals surface area contributed by atoms with E-state index in [2.05, 4.69) is 5.32 Å². The maximum absolute atomic E-state index is 11.8. The molecule has 0 aliphatic carbocycles. The lowest BCUT2D eigenvalue weighted by atomic mass is 10.1. The third kappa shape index (κ3) is 5.07. The van der Waals surface area contributed by atoms with Crippen LogP contribution in [-0.2, 0) is 16.1 Å². The van der Waals surface area contributed by atoms with Crippen molar-refractivity contribution in [1.82, 2.24) is 5.32 Å². The highest BCUT2D eigenvalue weighted by molar-refractivity contribution is 5.94. The molecule has 0 aliphatic rings. The first-order valence-corrected chi connectivity index (χ1v) is 5.79. The molecule has 0 heterocycles. The van der Waals surface area contributed by atoms with E-state index in [0.717, 1.165) is 5.56 Å². The lowest BCUT2D eigenvalue weighted by Crippen LogP contribution is -2.34. The van der Waals surface area contributed by atoms with Gasteiger partial charge >= 0.3 is 5.97 Å². The number of rotatable bonds is 7. The van der Waals surface area contributed by atoms with Gasteiger partial charge in [0, 0.05) is 19.2 Å². The maximum atomic E-state index is 11.8. The standard InChI is InChI=1S/C13H17NO5/c1-19-11(6-12(16)17)7-14-13(18)10-4-2-9(8-15)3-5-10/h2-5,11,15H,6-8H2,1H3,(H,14,18)(H,16,17). The van der Waals surface area contributed by atoms with E-state index < -0.39 is 12.1 Å². The van der Waals surface area contributed by atoms with Crippen LogP contribution in [0.15, 0.2) is 24.3 Å². The maximum Gasteiger partial charge on any atom is 0.306 e. The zero-order chi connectivity index (χ0) is 14.3. The minimum atomic E-state index is -0.978. The summed E-state index contributed by atoms with van der Waals surface area (Å²) in [5, 5.41) is 20.1. The number of ether oxygens (including phenoxy) is 1. The Hall–Kier alpha value is -1.92. The SMILES string of the molecule is COC(CNC(=O)c1ccc(CO)cc1)CC(=O)O. The van der Waals surface area contributed by atoms with Crippen molar-refractivity contribution < 1.29 is 24.5 Å². The number of amides is 1. The van der Waals surface area contributed by atoms with Crippen molar-refractivity contribution in [2.45, 2.75) is 19.1 Å². The van der Waals surface area contributed by atoms with E-state index in [4.69, 9.17) is 14.9 Å². The van der Waals surface area contributed by atoms with Gasteiger partial charge in [0.2, 0.25) is 0 Å². The fourth-order valence-electron chi connectivity index (χ4n) is 1.50. The second-order valence-corrected chi connectivity index (χ2v) is 4.02. The molecule has 1 aromatic rings. The van der Waals surface area contributed by atoms with Crippen LogP contribution >= 0.6 is 0 Å². The molecule has 1 atom stereocenters. The van der Waals surface area contributed by atoms with Crippen molar-refractivity contribution in [3.05, 3.63) is 35.4 Å². The predicted molar refractivity (Wildman–Crippen MR) is 67.7 cm³/mol. The monoisotopic (exact) mass is 267 g/mol. The summed E-state index contributed by atoms with van der Waals surface area (Å²) in [5.74, 6) is -1.29. The van der Waals surface area contributed by atoms with Crippen molar-refractivity contribution in [2.24, 2.45) is 0 Å². The molecule has 3 N–H and O–H groups in total. The number of carboxylic acid groups (broad SMARTS) is 1. The van der Waals surface area contributed by atoms with Gasteiger partial charge < -0.3 is 20.3 Å². The van der Waals surface area contributed by atoms with E-state index in [1.54, 1.807) is 24.3 Å². The minimum Gasteiger partial charge on any atom is -0.481 e. The van der Waals surface area contributed by atoms with Crippen molar-refractivity contribution >= 4 is 11.9 Å². The van der Waals surface area contributed by atoms with Gasteiger partial charge in [-0.1, -0.05) is 12.1 Å². The summed E-state index contributed by atoms with van der Waals surface area (Å²) in [6, 6.07) is 6.50. The van der Waals surface area contributed by atoms with Gasteiger partial charge in [0.15, 0.2) is 0 Å². The molecule has 6 nitrogen and oxygen atoms in total. The topological polar surface area (TPSA) is 95.9 Å². The van der Waals surface area contributed by atoms with E-state index in [9.17, 15) is 9.59 Å². The highest BCUT2D eigenvalue weighted by Crippen LogP contribution is 2.04. The summed E-state index contributed by atoms with van der Waals surface area (Å²) in [6.07, 6.45) is -0.724. The molecule has 0 fully saturated rings. The normalized spacial score (nSPS) is 11.9. The molecule has 0 aliphatic heterocycles. The van der Waals surface area contributed by atoms with Crippen LogP contribution in [0.25, 0.3) is 0 Å². The van der Waals surface area contributed by atoms with E-state index in [0.29, 0.717) is 5.56 Å². The van der Waals surface area contributed by atoms with Crippen molar-refractivity contribution in [2.75, 3.05) is 13.7 Å². The highest BCUT2D eigenvalue weighted by Gasteiger charge is 2.14. The zero-order valence-corrected chi connectivity index (χ0v) is 10.6. The summed E-state index contributed by atoms with van der Waals surface area (Å²) in [4.78, 5) is 22.3. The number of aliphatic hydroxyl groups excluding tert-OH is 1. The van der Waals surface area contributed by atoms with Gasteiger partial charge in [0.05, 0.1) is 19.1 Å². The quantitative estimate of drug-likeness (QED) is 0.664. The van der Waals surface area contributed by atoms with Crippen LogP contribution in [-0.4, -0.2) is 41.8 Å². The van der Waals surface area contributed by atoms with Crippen LogP contribution in [0.3, 0.4) is 0 Å². The summed E-state index contributed by atoms with van der Waals surface area (Å²) in [5.41, 5.74) is 1.17. The summed E-state index contributed by atoms with van der Waals surface area (Å²) < 4.78 is 4.96. The molecule has 6 heteroatoms. The number of carboxylic acids is 1. The Kier molecular flexibility index (Phi) is 5.98. The second kappa shape index (κ2) is 7.50. The molecular weight excluding hydrogens is 250 g/mol. The molecule has 0 radical (unpaired) electrons. The first-order valence-electron chi connectivity index (χ1n) is 5.79. The van der Waals surface area contributed by atoms with Crippen LogP contribution < -0.4 is 5.32 Å². The highest BCUT2D eigenvalue weighted by atomic mass is 16.5. The predicted octanol–water partition coefficient (Wildman–Crippen LogP) is 0.398. The first kappa shape index (κ1) is 15.1. The second-order valence-electron chi connectivity index (χ2n) is 4.02. The van der Waals surface area contributed by atoms with Gasteiger partial charge in [-0.15, -0.1) is 0 Å². The molecule has 0 bridgehead atoms. The van der Waals surface area contributed by atoms with Gasteiger partial charge in [-0.25, -0.2) is 0 Å². The fourth-order valence-corrected chi connectivity index (χ4v) is 1.50. The van der Waals surface area contributed by atoms with Gasteiger partial charge in [0.25, 0.3) is 5.91 Å². The molecular formula is C13H17NO5. The van der Waals surface area contributed by atoms with Crippen LogP contribution in [0.4, 0.5) is 0 Å². The minimum absolute atomic E-state index is 0.0771. The average molecular weight is 267 g/mol. The number of carbonyl (C=O) groups excluding carboxylic acids is 1. The van der Waals surface area contributed by atoms with Crippen molar-refractivity contribution in [3.63, 3.8) is 0 Å². The lowest BCUT2D eigenvalue weighted by molar-refractivity contribution is -0.139. The molecule has 0 spiro atoms. The number of benzene rings is 1. The Balaban J connectivity index is 2.51. The van der Waals surface area contributed by atoms with Crippen LogP contribution in [0.5, 0.6) is 0 Å². The summed E-state index contributed by atoms with van der Waals surface area (Å²) >= 11 is 0. The molecule has 1 aromatic carbocycles. The molecule has 1 unspecified atom stereocenters. The van der Waals surface area contributed by atoms with Gasteiger partial charge in [-0.3, -0.25) is 9.59 Å². The number of hydrogen-bond donors (Lipinski definition) is 3. The number of nitrogens with one attached hydrogen (secondary N) is 1. The third-order valence-corrected chi connectivity index (χ3v) is 2.62. The van der Waals surface area contributed by atoms with Crippen molar-refractivity contribution in [3.8, 4) is 0 Å². The Labute approximate surface area is 111 Å². The van der Waals surface area contributed by atoms with Crippen LogP contribution in [0.1, 0.15) is 22.3 Å². The lowest BCUT2D eigenvalue weighted by Gasteiger charge is -2.14. The molecule has 1 rings (SSSR count). The molecule has 0 saturated heterocycles. The molecule has 104 valence electrons. The number of aliphatic hydroxyl groups is 1. The van der Waals surface area contributed by atoms with Crippen LogP contribution in [0.2, 0.25) is 0 Å². The van der Waals surface area contributed by atoms with E-state index in [1.807, 2.05) is 0 Å². The molecule has 0 saturated carbocycles. The van der Waals surface area contributed by atoms with E-state index in [1.165, 1.54) is 7.11 Å². The Morgan fingerprint density at radius 3 is 2.42 bits per heavy atom. The summed E-state index contributed by atoms with van der Waals surface area (Å²) in [6.45, 7) is 0.0512. The van der Waals surface area contributed by atoms with Gasteiger partial charge in [-0.05, 0) is 17.7 Å². The largest absolute Gasteiger partial charge is 0.481 e. The van der Waals surface area contributed by atoms with Gasteiger partial charge in [0.1, 0.15) is 0 Å². The first-order chi connectivity index (χ1) is 9.06.